The van der Waals surface area contributed by atoms with Crippen molar-refractivity contribution >= 4 is 0 Å². The van der Waals surface area contributed by atoms with Crippen LogP contribution in [0.25, 0.3) is 0 Å². The Balaban J connectivity index is 2.23. The zero-order valence-corrected chi connectivity index (χ0v) is 14.7. The minimum Gasteiger partial charge on any atom is -0.490 e. The average molecular weight is 322 g/mol. The maximum absolute atomic E-state index is 6.04. The van der Waals surface area contributed by atoms with Gasteiger partial charge in [-0.25, -0.2) is 0 Å². The Labute approximate surface area is 140 Å². The summed E-state index contributed by atoms with van der Waals surface area (Å²) in [7, 11) is 0. The second kappa shape index (κ2) is 9.66. The van der Waals surface area contributed by atoms with Gasteiger partial charge in [-0.1, -0.05) is 26.8 Å². The first kappa shape index (κ1) is 17.9. The third-order valence-corrected chi connectivity index (χ3v) is 3.66. The maximum Gasteiger partial charge on any atom is 0.203 e. The van der Waals surface area contributed by atoms with Gasteiger partial charge < -0.3 is 18.9 Å². The summed E-state index contributed by atoms with van der Waals surface area (Å²) in [5.74, 6) is 2.41. The molecule has 0 aliphatic carbocycles. The van der Waals surface area contributed by atoms with Crippen molar-refractivity contribution < 1.29 is 18.9 Å². The lowest BCUT2D eigenvalue weighted by Gasteiger charge is -2.19. The normalized spacial score (nSPS) is 16.2. The van der Waals surface area contributed by atoms with E-state index in [9.17, 15) is 0 Å². The monoisotopic (exact) mass is 322 g/mol. The molecule has 4 heteroatoms. The molecule has 1 aromatic rings. The van der Waals surface area contributed by atoms with Crippen LogP contribution in [-0.4, -0.2) is 32.5 Å². The lowest BCUT2D eigenvalue weighted by Crippen LogP contribution is -2.07. The number of epoxide rings is 1. The Hall–Kier alpha value is -1.42. The van der Waals surface area contributed by atoms with Gasteiger partial charge in [-0.15, -0.1) is 0 Å². The summed E-state index contributed by atoms with van der Waals surface area (Å²) in [6.07, 6.45) is 5.30. The van der Waals surface area contributed by atoms with Crippen molar-refractivity contribution in [2.24, 2.45) is 0 Å². The van der Waals surface area contributed by atoms with E-state index in [2.05, 4.69) is 26.8 Å². The fraction of sp³-hybridized carbons (Fsp3) is 0.684. The smallest absolute Gasteiger partial charge is 0.203 e. The van der Waals surface area contributed by atoms with Crippen molar-refractivity contribution in [1.29, 1.82) is 0 Å². The van der Waals surface area contributed by atoms with Crippen LogP contribution in [0.2, 0.25) is 0 Å². The van der Waals surface area contributed by atoms with Crippen LogP contribution in [0.5, 0.6) is 17.2 Å². The SMILES string of the molecule is CCCOc1ccc(CCC2CO2)c(OCCC)c1OCCC. The number of hydrogen-bond donors (Lipinski definition) is 0. The fourth-order valence-electron chi connectivity index (χ4n) is 2.36. The van der Waals surface area contributed by atoms with Gasteiger partial charge in [0.2, 0.25) is 5.75 Å². The van der Waals surface area contributed by atoms with Gasteiger partial charge in [0.25, 0.3) is 0 Å². The quantitative estimate of drug-likeness (QED) is 0.535. The molecule has 0 radical (unpaired) electrons. The molecule has 0 N–H and O–H groups in total. The lowest BCUT2D eigenvalue weighted by molar-refractivity contribution is 0.241. The van der Waals surface area contributed by atoms with Gasteiger partial charge in [-0.2, -0.15) is 0 Å². The van der Waals surface area contributed by atoms with E-state index in [0.29, 0.717) is 25.9 Å². The molecule has 1 atom stereocenters. The van der Waals surface area contributed by atoms with Crippen LogP contribution in [0.15, 0.2) is 12.1 Å². The number of ether oxygens (including phenoxy) is 4. The molecule has 130 valence electrons. The molecule has 23 heavy (non-hydrogen) atoms. The molecule has 0 saturated carbocycles. The Kier molecular flexibility index (Phi) is 7.53. The third kappa shape index (κ3) is 5.61. The minimum absolute atomic E-state index is 0.421. The van der Waals surface area contributed by atoms with E-state index in [-0.39, 0.29) is 0 Å². The molecule has 4 nitrogen and oxygen atoms in total. The second-order valence-electron chi connectivity index (χ2n) is 5.92. The van der Waals surface area contributed by atoms with Crippen molar-refractivity contribution in [2.75, 3.05) is 26.4 Å². The van der Waals surface area contributed by atoms with Gasteiger partial charge in [-0.3, -0.25) is 0 Å². The summed E-state index contributed by atoms with van der Waals surface area (Å²) < 4.78 is 23.2. The summed E-state index contributed by atoms with van der Waals surface area (Å²) >= 11 is 0. The number of rotatable bonds is 12. The highest BCUT2D eigenvalue weighted by molar-refractivity contribution is 5.56. The molecule has 1 aromatic carbocycles. The molecule has 1 aliphatic rings. The lowest BCUT2D eigenvalue weighted by atomic mass is 10.1. The highest BCUT2D eigenvalue weighted by Crippen LogP contribution is 2.41. The van der Waals surface area contributed by atoms with Crippen molar-refractivity contribution in [3.63, 3.8) is 0 Å². The Morgan fingerprint density at radius 3 is 2.13 bits per heavy atom. The van der Waals surface area contributed by atoms with E-state index in [4.69, 9.17) is 18.9 Å². The summed E-state index contributed by atoms with van der Waals surface area (Å²) in [6, 6.07) is 4.12. The van der Waals surface area contributed by atoms with Crippen molar-refractivity contribution in [3.05, 3.63) is 17.7 Å². The maximum atomic E-state index is 6.04. The number of aryl methyl sites for hydroxylation is 1. The molecule has 0 spiro atoms. The zero-order valence-electron chi connectivity index (χ0n) is 14.7. The minimum atomic E-state index is 0.421. The van der Waals surface area contributed by atoms with E-state index in [1.807, 2.05) is 6.07 Å². The Morgan fingerprint density at radius 2 is 1.52 bits per heavy atom. The predicted octanol–water partition coefficient (Wildman–Crippen LogP) is 4.38. The van der Waals surface area contributed by atoms with Crippen molar-refractivity contribution in [3.8, 4) is 17.2 Å². The van der Waals surface area contributed by atoms with E-state index in [0.717, 1.165) is 56.0 Å². The average Bonchev–Trinajstić information content (AvgIpc) is 3.39. The topological polar surface area (TPSA) is 40.2 Å². The van der Waals surface area contributed by atoms with Crippen LogP contribution in [0, 0.1) is 0 Å². The van der Waals surface area contributed by atoms with Crippen LogP contribution in [0.3, 0.4) is 0 Å². The van der Waals surface area contributed by atoms with Gasteiger partial charge in [-0.05, 0) is 43.7 Å². The van der Waals surface area contributed by atoms with Crippen LogP contribution in [-0.2, 0) is 11.2 Å². The molecule has 1 heterocycles. The van der Waals surface area contributed by atoms with Crippen molar-refractivity contribution in [2.45, 2.75) is 59.0 Å². The number of hydrogen-bond acceptors (Lipinski definition) is 4. The molecule has 0 bridgehead atoms. The summed E-state index contributed by atoms with van der Waals surface area (Å²) in [5.41, 5.74) is 1.18. The van der Waals surface area contributed by atoms with E-state index >= 15 is 0 Å². The molecule has 1 unspecified atom stereocenters. The summed E-state index contributed by atoms with van der Waals surface area (Å²) in [4.78, 5) is 0. The predicted molar refractivity (Wildman–Crippen MR) is 91.9 cm³/mol. The first-order valence-electron chi connectivity index (χ1n) is 8.95. The van der Waals surface area contributed by atoms with Crippen LogP contribution < -0.4 is 14.2 Å². The molecular formula is C19H30O4. The van der Waals surface area contributed by atoms with Crippen LogP contribution >= 0.6 is 0 Å². The molecule has 1 fully saturated rings. The fourth-order valence-corrected chi connectivity index (χ4v) is 2.36. The van der Waals surface area contributed by atoms with E-state index in [1.165, 1.54) is 5.56 Å². The molecule has 0 aromatic heterocycles. The summed E-state index contributed by atoms with van der Waals surface area (Å²) in [6.45, 7) is 9.25. The van der Waals surface area contributed by atoms with Crippen molar-refractivity contribution in [1.82, 2.24) is 0 Å². The summed E-state index contributed by atoms with van der Waals surface area (Å²) in [5, 5.41) is 0. The first-order valence-corrected chi connectivity index (χ1v) is 8.95. The third-order valence-electron chi connectivity index (χ3n) is 3.66. The first-order chi connectivity index (χ1) is 11.3. The zero-order chi connectivity index (χ0) is 16.5. The van der Waals surface area contributed by atoms with E-state index < -0.39 is 0 Å². The largest absolute Gasteiger partial charge is 0.490 e. The number of benzene rings is 1. The van der Waals surface area contributed by atoms with Gasteiger partial charge in [0, 0.05) is 0 Å². The Morgan fingerprint density at radius 1 is 0.913 bits per heavy atom. The highest BCUT2D eigenvalue weighted by atomic mass is 16.6. The highest BCUT2D eigenvalue weighted by Gasteiger charge is 2.24. The van der Waals surface area contributed by atoms with Crippen LogP contribution in [0.1, 0.15) is 52.0 Å². The molecule has 1 saturated heterocycles. The van der Waals surface area contributed by atoms with Crippen LogP contribution in [0.4, 0.5) is 0 Å². The van der Waals surface area contributed by atoms with E-state index in [1.54, 1.807) is 0 Å². The van der Waals surface area contributed by atoms with Gasteiger partial charge >= 0.3 is 0 Å². The molecule has 1 aliphatic heterocycles. The van der Waals surface area contributed by atoms with Gasteiger partial charge in [0.15, 0.2) is 11.5 Å². The van der Waals surface area contributed by atoms with Gasteiger partial charge in [0.05, 0.1) is 32.5 Å². The molecule has 0 amide bonds. The van der Waals surface area contributed by atoms with Gasteiger partial charge in [0.1, 0.15) is 0 Å². The molecular weight excluding hydrogens is 292 g/mol. The second-order valence-corrected chi connectivity index (χ2v) is 5.92. The molecule has 2 rings (SSSR count). The standard InChI is InChI=1S/C19H30O4/c1-4-11-20-17-10-8-15(7-9-16-14-23-16)18(21-12-5-2)19(17)22-13-6-3/h8,10,16H,4-7,9,11-14H2,1-3H3. The Bertz CT molecular complexity index is 469.